The number of nitrogens with zero attached hydrogens (tertiary/aromatic N) is 2. The van der Waals surface area contributed by atoms with Gasteiger partial charge in [-0.1, -0.05) is 11.6 Å². The van der Waals surface area contributed by atoms with Crippen molar-refractivity contribution < 1.29 is 9.53 Å². The minimum absolute atomic E-state index is 0.0803. The molecule has 0 bridgehead atoms. The summed E-state index contributed by atoms with van der Waals surface area (Å²) in [5.41, 5.74) is 4.22. The first-order valence-corrected chi connectivity index (χ1v) is 7.75. The number of fused-ring (bicyclic) bond motifs is 1. The van der Waals surface area contributed by atoms with Crippen molar-refractivity contribution in [1.29, 1.82) is 0 Å². The number of aryl methyl sites for hydroxylation is 2. The molecule has 1 amide bonds. The van der Waals surface area contributed by atoms with Gasteiger partial charge in [0.1, 0.15) is 5.75 Å². The number of amides is 1. The van der Waals surface area contributed by atoms with Crippen LogP contribution in [-0.4, -0.2) is 23.0 Å². The van der Waals surface area contributed by atoms with E-state index in [9.17, 15) is 4.79 Å². The molecule has 0 atom stereocenters. The summed E-state index contributed by atoms with van der Waals surface area (Å²) in [6, 6.07) is 10.8. The number of methoxy groups -OCH3 is 1. The van der Waals surface area contributed by atoms with Crippen LogP contribution < -0.4 is 10.1 Å². The molecule has 1 N–H and O–H groups in total. The molecule has 24 heavy (non-hydrogen) atoms. The number of benzene rings is 2. The lowest BCUT2D eigenvalue weighted by molar-refractivity contribution is 0.102. The second kappa shape index (κ2) is 6.45. The molecule has 1 aromatic heterocycles. The SMILES string of the molecule is COc1ccc(NC(=O)c2nc3cc(C)c(C)cc3nc2Cl)cc1. The van der Waals surface area contributed by atoms with Gasteiger partial charge in [-0.25, -0.2) is 9.97 Å². The van der Waals surface area contributed by atoms with E-state index in [0.717, 1.165) is 11.1 Å². The van der Waals surface area contributed by atoms with Crippen molar-refractivity contribution in [3.05, 3.63) is 58.4 Å². The molecule has 0 aliphatic carbocycles. The van der Waals surface area contributed by atoms with Crippen molar-refractivity contribution in [3.8, 4) is 5.75 Å². The third kappa shape index (κ3) is 3.16. The van der Waals surface area contributed by atoms with Gasteiger partial charge in [0, 0.05) is 5.69 Å². The third-order valence-electron chi connectivity index (χ3n) is 3.80. The van der Waals surface area contributed by atoms with Crippen LogP contribution in [-0.2, 0) is 0 Å². The Kier molecular flexibility index (Phi) is 4.36. The summed E-state index contributed by atoms with van der Waals surface area (Å²) >= 11 is 6.15. The van der Waals surface area contributed by atoms with Gasteiger partial charge in [0.15, 0.2) is 10.8 Å². The van der Waals surface area contributed by atoms with Crippen LogP contribution >= 0.6 is 11.6 Å². The summed E-state index contributed by atoms with van der Waals surface area (Å²) in [6.45, 7) is 3.98. The van der Waals surface area contributed by atoms with E-state index in [1.54, 1.807) is 31.4 Å². The number of hydrogen-bond acceptors (Lipinski definition) is 4. The molecular weight excluding hydrogens is 326 g/mol. The number of carbonyl (C=O) groups is 1. The molecule has 0 aliphatic rings. The fourth-order valence-electron chi connectivity index (χ4n) is 2.30. The molecule has 5 nitrogen and oxygen atoms in total. The zero-order valence-electron chi connectivity index (χ0n) is 13.6. The highest BCUT2D eigenvalue weighted by Crippen LogP contribution is 2.22. The number of nitrogens with one attached hydrogen (secondary N) is 1. The minimum atomic E-state index is -0.405. The highest BCUT2D eigenvalue weighted by molar-refractivity contribution is 6.33. The molecule has 0 saturated carbocycles. The molecule has 0 radical (unpaired) electrons. The van der Waals surface area contributed by atoms with E-state index in [1.165, 1.54) is 0 Å². The Morgan fingerprint density at radius 2 is 1.62 bits per heavy atom. The number of halogens is 1. The zero-order chi connectivity index (χ0) is 17.3. The normalized spacial score (nSPS) is 10.7. The Bertz CT molecular complexity index is 924. The summed E-state index contributed by atoms with van der Waals surface area (Å²) < 4.78 is 5.09. The van der Waals surface area contributed by atoms with Crippen LogP contribution in [0, 0.1) is 13.8 Å². The first kappa shape index (κ1) is 16.2. The average molecular weight is 342 g/mol. The molecule has 2 aromatic carbocycles. The van der Waals surface area contributed by atoms with Crippen molar-refractivity contribution in [1.82, 2.24) is 9.97 Å². The van der Waals surface area contributed by atoms with E-state index < -0.39 is 5.91 Å². The summed E-state index contributed by atoms with van der Waals surface area (Å²) in [5.74, 6) is 0.306. The van der Waals surface area contributed by atoms with E-state index in [2.05, 4.69) is 15.3 Å². The Morgan fingerprint density at radius 3 is 2.21 bits per heavy atom. The Balaban J connectivity index is 1.93. The van der Waals surface area contributed by atoms with Crippen LogP contribution in [0.25, 0.3) is 11.0 Å². The molecule has 122 valence electrons. The molecule has 0 saturated heterocycles. The highest BCUT2D eigenvalue weighted by atomic mass is 35.5. The molecule has 0 aliphatic heterocycles. The second-order valence-corrected chi connectivity index (χ2v) is 5.83. The number of hydrogen-bond donors (Lipinski definition) is 1. The van der Waals surface area contributed by atoms with Gasteiger partial charge in [0.25, 0.3) is 5.91 Å². The predicted octanol–water partition coefficient (Wildman–Crippen LogP) is 4.16. The maximum atomic E-state index is 12.5. The zero-order valence-corrected chi connectivity index (χ0v) is 14.3. The molecule has 0 spiro atoms. The topological polar surface area (TPSA) is 64.1 Å². The second-order valence-electron chi connectivity index (χ2n) is 5.47. The number of anilines is 1. The summed E-state index contributed by atoms with van der Waals surface area (Å²) in [7, 11) is 1.59. The summed E-state index contributed by atoms with van der Waals surface area (Å²) in [5, 5.41) is 2.84. The van der Waals surface area contributed by atoms with Gasteiger partial charge in [-0.2, -0.15) is 0 Å². The largest absolute Gasteiger partial charge is 0.497 e. The number of aromatic nitrogens is 2. The van der Waals surface area contributed by atoms with Crippen molar-refractivity contribution in [3.63, 3.8) is 0 Å². The summed E-state index contributed by atoms with van der Waals surface area (Å²) in [6.07, 6.45) is 0. The molecule has 0 fully saturated rings. The maximum absolute atomic E-state index is 12.5. The van der Waals surface area contributed by atoms with Crippen LogP contribution in [0.3, 0.4) is 0 Å². The van der Waals surface area contributed by atoms with E-state index in [0.29, 0.717) is 22.5 Å². The van der Waals surface area contributed by atoms with Gasteiger partial charge in [-0.3, -0.25) is 4.79 Å². The van der Waals surface area contributed by atoms with Gasteiger partial charge in [-0.05, 0) is 61.4 Å². The van der Waals surface area contributed by atoms with Crippen LogP contribution in [0.15, 0.2) is 36.4 Å². The van der Waals surface area contributed by atoms with Gasteiger partial charge in [-0.15, -0.1) is 0 Å². The fourth-order valence-corrected chi connectivity index (χ4v) is 2.52. The standard InChI is InChI=1S/C18H16ClN3O2/c1-10-8-14-15(9-11(10)2)22-17(19)16(21-14)18(23)20-12-4-6-13(24-3)7-5-12/h4-9H,1-3H3,(H,20,23). The monoisotopic (exact) mass is 341 g/mol. The van der Waals surface area contributed by atoms with Crippen molar-refractivity contribution >= 4 is 34.2 Å². The first-order valence-electron chi connectivity index (χ1n) is 7.38. The van der Waals surface area contributed by atoms with Crippen molar-refractivity contribution in [2.45, 2.75) is 13.8 Å². The van der Waals surface area contributed by atoms with Crippen LogP contribution in [0.1, 0.15) is 21.6 Å². The Hall–Kier alpha value is -2.66. The smallest absolute Gasteiger partial charge is 0.277 e. The number of rotatable bonds is 3. The van der Waals surface area contributed by atoms with Gasteiger partial charge >= 0.3 is 0 Å². The van der Waals surface area contributed by atoms with Crippen molar-refractivity contribution in [2.75, 3.05) is 12.4 Å². The first-order chi connectivity index (χ1) is 11.5. The lowest BCUT2D eigenvalue weighted by atomic mass is 10.1. The average Bonchev–Trinajstić information content (AvgIpc) is 2.56. The molecule has 3 aromatic rings. The van der Waals surface area contributed by atoms with E-state index >= 15 is 0 Å². The number of ether oxygens (including phenoxy) is 1. The highest BCUT2D eigenvalue weighted by Gasteiger charge is 2.16. The van der Waals surface area contributed by atoms with Gasteiger partial charge < -0.3 is 10.1 Å². The quantitative estimate of drug-likeness (QED) is 0.776. The lowest BCUT2D eigenvalue weighted by Gasteiger charge is -2.09. The van der Waals surface area contributed by atoms with E-state index in [4.69, 9.17) is 16.3 Å². The maximum Gasteiger partial charge on any atom is 0.277 e. The Labute approximate surface area is 144 Å². The summed E-state index contributed by atoms with van der Waals surface area (Å²) in [4.78, 5) is 21.1. The molecule has 1 heterocycles. The minimum Gasteiger partial charge on any atom is -0.497 e. The van der Waals surface area contributed by atoms with Crippen LogP contribution in [0.4, 0.5) is 5.69 Å². The lowest BCUT2D eigenvalue weighted by Crippen LogP contribution is -2.15. The van der Waals surface area contributed by atoms with Crippen LogP contribution in [0.5, 0.6) is 5.75 Å². The number of carbonyl (C=O) groups excluding carboxylic acids is 1. The fraction of sp³-hybridized carbons (Fsp3) is 0.167. The molecule has 0 unspecified atom stereocenters. The van der Waals surface area contributed by atoms with Crippen LogP contribution in [0.2, 0.25) is 5.15 Å². The van der Waals surface area contributed by atoms with E-state index in [-0.39, 0.29) is 10.8 Å². The molecule has 3 rings (SSSR count). The Morgan fingerprint density at radius 1 is 1.04 bits per heavy atom. The van der Waals surface area contributed by atoms with Gasteiger partial charge in [0.05, 0.1) is 18.1 Å². The third-order valence-corrected chi connectivity index (χ3v) is 4.06. The van der Waals surface area contributed by atoms with Crippen molar-refractivity contribution in [2.24, 2.45) is 0 Å². The van der Waals surface area contributed by atoms with Gasteiger partial charge in [0.2, 0.25) is 0 Å². The van der Waals surface area contributed by atoms with E-state index in [1.807, 2.05) is 26.0 Å². The molecular formula is C18H16ClN3O2. The predicted molar refractivity (Wildman–Crippen MR) is 95.0 cm³/mol. The molecule has 6 heteroatoms.